The van der Waals surface area contributed by atoms with Crippen LogP contribution in [0.25, 0.3) is 0 Å². The molecule has 0 saturated carbocycles. The average Bonchev–Trinajstić information content (AvgIpc) is 2.53. The molecule has 0 aliphatic heterocycles. The van der Waals surface area contributed by atoms with E-state index in [-0.39, 0.29) is 23.1 Å². The van der Waals surface area contributed by atoms with Crippen molar-refractivity contribution in [2.45, 2.75) is 6.61 Å². The number of benzene rings is 2. The second-order valence-corrected chi connectivity index (χ2v) is 4.76. The van der Waals surface area contributed by atoms with Gasteiger partial charge in [0.15, 0.2) is 5.75 Å². The lowest BCUT2D eigenvalue weighted by molar-refractivity contribution is -0.385. The Kier molecular flexibility index (Phi) is 4.92. The summed E-state index contributed by atoms with van der Waals surface area (Å²) >= 11 is 5.73. The van der Waals surface area contributed by atoms with Crippen molar-refractivity contribution >= 4 is 23.2 Å². The van der Waals surface area contributed by atoms with E-state index in [0.717, 1.165) is 5.56 Å². The zero-order valence-electron chi connectivity index (χ0n) is 11.3. The molecule has 2 aromatic rings. The normalized spacial score (nSPS) is 10.1. The number of nitrogens with two attached hydrogens (primary N) is 1. The van der Waals surface area contributed by atoms with Crippen LogP contribution >= 0.6 is 11.6 Å². The molecule has 0 radical (unpaired) electrons. The van der Waals surface area contributed by atoms with Crippen LogP contribution in [0.5, 0.6) is 5.75 Å². The first-order chi connectivity index (χ1) is 10.5. The van der Waals surface area contributed by atoms with E-state index in [1.165, 1.54) is 18.2 Å². The van der Waals surface area contributed by atoms with Crippen LogP contribution in [0.2, 0.25) is 5.02 Å². The minimum Gasteiger partial charge on any atom is -0.482 e. The maximum Gasteiger partial charge on any atom is 0.312 e. The van der Waals surface area contributed by atoms with Crippen molar-refractivity contribution in [2.75, 3.05) is 0 Å². The number of nitrogens with zero attached hydrogens (tertiary/aromatic N) is 1. The molecule has 7 nitrogen and oxygen atoms in total. The van der Waals surface area contributed by atoms with Crippen molar-refractivity contribution in [1.29, 1.82) is 0 Å². The molecular weight excluding hydrogens is 310 g/mol. The summed E-state index contributed by atoms with van der Waals surface area (Å²) in [5.74, 6) is 4.76. The summed E-state index contributed by atoms with van der Waals surface area (Å²) in [7, 11) is 0. The number of hydrazine groups is 1. The first kappa shape index (κ1) is 15.7. The number of carbonyl (C=O) groups is 1. The molecule has 0 aromatic heterocycles. The van der Waals surface area contributed by atoms with Gasteiger partial charge in [0.05, 0.1) is 4.92 Å². The number of hydrogen-bond donors (Lipinski definition) is 2. The molecule has 8 heteroatoms. The summed E-state index contributed by atoms with van der Waals surface area (Å²) in [6.45, 7) is 0.118. The highest BCUT2D eigenvalue weighted by Crippen LogP contribution is 2.30. The molecule has 0 spiro atoms. The Morgan fingerprint density at radius 1 is 1.27 bits per heavy atom. The number of nitro groups is 1. The summed E-state index contributed by atoms with van der Waals surface area (Å²) in [5, 5.41) is 11.2. The van der Waals surface area contributed by atoms with Gasteiger partial charge in [0.1, 0.15) is 6.61 Å². The topological polar surface area (TPSA) is 107 Å². The number of ether oxygens (including phenoxy) is 1. The highest BCUT2D eigenvalue weighted by Gasteiger charge is 2.15. The van der Waals surface area contributed by atoms with Crippen molar-refractivity contribution < 1.29 is 14.5 Å². The van der Waals surface area contributed by atoms with E-state index in [2.05, 4.69) is 0 Å². The Bertz CT molecular complexity index is 704. The first-order valence-electron chi connectivity index (χ1n) is 6.18. The molecule has 0 bridgehead atoms. The van der Waals surface area contributed by atoms with E-state index >= 15 is 0 Å². The zero-order valence-corrected chi connectivity index (χ0v) is 12.0. The molecule has 0 fully saturated rings. The third-order valence-electron chi connectivity index (χ3n) is 2.86. The highest BCUT2D eigenvalue weighted by molar-refractivity contribution is 6.30. The van der Waals surface area contributed by atoms with E-state index in [0.29, 0.717) is 5.56 Å². The lowest BCUT2D eigenvalue weighted by atomic mass is 10.1. The van der Waals surface area contributed by atoms with E-state index in [9.17, 15) is 14.9 Å². The molecule has 22 heavy (non-hydrogen) atoms. The molecule has 0 aliphatic carbocycles. The molecule has 0 unspecified atom stereocenters. The van der Waals surface area contributed by atoms with Gasteiger partial charge >= 0.3 is 5.69 Å². The number of rotatable bonds is 5. The van der Waals surface area contributed by atoms with E-state index < -0.39 is 10.8 Å². The van der Waals surface area contributed by atoms with Gasteiger partial charge in [0, 0.05) is 16.7 Å². The van der Waals surface area contributed by atoms with Gasteiger partial charge in [0.25, 0.3) is 5.91 Å². The van der Waals surface area contributed by atoms with Crippen molar-refractivity contribution in [3.05, 3.63) is 68.7 Å². The fourth-order valence-corrected chi connectivity index (χ4v) is 1.92. The Morgan fingerprint density at radius 2 is 1.95 bits per heavy atom. The fraction of sp³-hybridized carbons (Fsp3) is 0.0714. The van der Waals surface area contributed by atoms with Crippen molar-refractivity contribution in [3.8, 4) is 5.75 Å². The van der Waals surface area contributed by atoms with E-state index in [1.54, 1.807) is 24.3 Å². The molecule has 1 amide bonds. The lowest BCUT2D eigenvalue weighted by Crippen LogP contribution is -2.29. The number of hydrogen-bond acceptors (Lipinski definition) is 5. The Morgan fingerprint density at radius 3 is 2.55 bits per heavy atom. The molecule has 2 rings (SSSR count). The van der Waals surface area contributed by atoms with Crippen LogP contribution in [0.15, 0.2) is 42.5 Å². The minimum absolute atomic E-state index is 0.118. The second-order valence-electron chi connectivity index (χ2n) is 4.33. The summed E-state index contributed by atoms with van der Waals surface area (Å²) < 4.78 is 5.44. The van der Waals surface area contributed by atoms with Gasteiger partial charge in [-0.3, -0.25) is 20.3 Å². The Balaban J connectivity index is 2.10. The van der Waals surface area contributed by atoms with Crippen molar-refractivity contribution in [1.82, 2.24) is 5.43 Å². The maximum atomic E-state index is 11.3. The predicted molar refractivity (Wildman–Crippen MR) is 80.5 cm³/mol. The highest BCUT2D eigenvalue weighted by atomic mass is 35.5. The number of halogens is 1. The zero-order chi connectivity index (χ0) is 16.1. The molecule has 0 aliphatic rings. The molecule has 0 saturated heterocycles. The molecule has 2 aromatic carbocycles. The van der Waals surface area contributed by atoms with Gasteiger partial charge in [0.2, 0.25) is 0 Å². The van der Waals surface area contributed by atoms with Crippen LogP contribution in [0.1, 0.15) is 15.9 Å². The summed E-state index contributed by atoms with van der Waals surface area (Å²) in [6.07, 6.45) is 0. The van der Waals surface area contributed by atoms with Crippen LogP contribution in [-0.4, -0.2) is 10.8 Å². The fourth-order valence-electron chi connectivity index (χ4n) is 1.75. The van der Waals surface area contributed by atoms with Crippen LogP contribution in [-0.2, 0) is 6.61 Å². The average molecular weight is 322 g/mol. The smallest absolute Gasteiger partial charge is 0.312 e. The summed E-state index contributed by atoms with van der Waals surface area (Å²) in [5.41, 5.74) is 2.98. The van der Waals surface area contributed by atoms with Crippen LogP contribution in [0.3, 0.4) is 0 Å². The molecular formula is C14H12ClN3O4. The first-order valence-corrected chi connectivity index (χ1v) is 6.55. The van der Waals surface area contributed by atoms with Crippen molar-refractivity contribution in [3.63, 3.8) is 0 Å². The number of nitrogen functional groups attached to an aromatic ring is 1. The monoisotopic (exact) mass is 321 g/mol. The van der Waals surface area contributed by atoms with Crippen molar-refractivity contribution in [2.24, 2.45) is 5.84 Å². The third-order valence-corrected chi connectivity index (χ3v) is 3.09. The van der Waals surface area contributed by atoms with Gasteiger partial charge in [-0.15, -0.1) is 0 Å². The molecule has 114 valence electrons. The van der Waals surface area contributed by atoms with Gasteiger partial charge < -0.3 is 4.74 Å². The van der Waals surface area contributed by atoms with Gasteiger partial charge in [-0.05, 0) is 29.8 Å². The number of nitrogens with one attached hydrogen (secondary N) is 1. The SMILES string of the molecule is NNC(=O)c1ccc(COc2ccc(Cl)cc2[N+](=O)[O-])cc1. The van der Waals surface area contributed by atoms with Crippen LogP contribution < -0.4 is 16.0 Å². The van der Waals surface area contributed by atoms with E-state index in [4.69, 9.17) is 22.2 Å². The Hall–Kier alpha value is -2.64. The van der Waals surface area contributed by atoms with Gasteiger partial charge in [-0.1, -0.05) is 23.7 Å². The third kappa shape index (κ3) is 3.72. The van der Waals surface area contributed by atoms with Gasteiger partial charge in [-0.2, -0.15) is 0 Å². The Labute approximate surface area is 130 Å². The standard InChI is InChI=1S/C14H12ClN3O4/c15-11-5-6-13(12(7-11)18(20)21)22-8-9-1-3-10(4-2-9)14(19)17-16/h1-7H,8,16H2,(H,17,19). The van der Waals surface area contributed by atoms with Crippen LogP contribution in [0.4, 0.5) is 5.69 Å². The summed E-state index contributed by atoms with van der Waals surface area (Å²) in [6, 6.07) is 10.7. The molecule has 0 atom stereocenters. The molecule has 0 heterocycles. The predicted octanol–water partition coefficient (Wildman–Crippen LogP) is 2.43. The van der Waals surface area contributed by atoms with E-state index in [1.807, 2.05) is 5.43 Å². The number of amides is 1. The number of carbonyl (C=O) groups excluding carboxylic acids is 1. The molecule has 3 N–H and O–H groups in total. The summed E-state index contributed by atoms with van der Waals surface area (Å²) in [4.78, 5) is 21.7. The quantitative estimate of drug-likeness (QED) is 0.380. The largest absolute Gasteiger partial charge is 0.482 e. The minimum atomic E-state index is -0.560. The van der Waals surface area contributed by atoms with Gasteiger partial charge in [-0.25, -0.2) is 5.84 Å². The van der Waals surface area contributed by atoms with Crippen LogP contribution in [0, 0.1) is 10.1 Å². The lowest BCUT2D eigenvalue weighted by Gasteiger charge is -2.07. The maximum absolute atomic E-state index is 11.3. The number of nitro benzene ring substituents is 1. The second kappa shape index (κ2) is 6.88.